The van der Waals surface area contributed by atoms with Crippen LogP contribution in [0.4, 0.5) is 0 Å². The van der Waals surface area contributed by atoms with Gasteiger partial charge in [0, 0.05) is 29.6 Å². The molecule has 0 radical (unpaired) electrons. The summed E-state index contributed by atoms with van der Waals surface area (Å²) in [6.07, 6.45) is 2.03. The number of likely N-dealkylation sites (tertiary alicyclic amines) is 1. The SMILES string of the molecule is CC(C)(C)C(=O)NC1CCN(C(=O)Cc2ccc(Cl)cc2)CC1. The molecule has 1 fully saturated rings. The van der Waals surface area contributed by atoms with Crippen LogP contribution in [0.3, 0.4) is 0 Å². The molecule has 1 heterocycles. The standard InChI is InChI=1S/C18H25ClN2O2/c1-18(2,3)17(23)20-15-8-10-21(11-9-15)16(22)12-13-4-6-14(19)7-5-13/h4-7,15H,8-12H2,1-3H3,(H,20,23). The van der Waals surface area contributed by atoms with Crippen molar-refractivity contribution in [2.75, 3.05) is 13.1 Å². The Bertz CT molecular complexity index is 555. The van der Waals surface area contributed by atoms with E-state index in [-0.39, 0.29) is 23.3 Å². The van der Waals surface area contributed by atoms with Gasteiger partial charge in [-0.1, -0.05) is 44.5 Å². The van der Waals surface area contributed by atoms with Gasteiger partial charge in [0.25, 0.3) is 0 Å². The lowest BCUT2D eigenvalue weighted by atomic mass is 9.94. The second-order valence-corrected chi connectivity index (χ2v) is 7.62. The van der Waals surface area contributed by atoms with Gasteiger partial charge in [0.1, 0.15) is 0 Å². The molecule has 2 rings (SSSR count). The molecule has 1 aromatic carbocycles. The number of carbonyl (C=O) groups excluding carboxylic acids is 2. The third-order valence-corrected chi connectivity index (χ3v) is 4.38. The van der Waals surface area contributed by atoms with Crippen LogP contribution in [0.1, 0.15) is 39.2 Å². The number of piperidine rings is 1. The van der Waals surface area contributed by atoms with E-state index >= 15 is 0 Å². The molecule has 1 aromatic rings. The molecule has 5 heteroatoms. The van der Waals surface area contributed by atoms with Crippen LogP contribution in [-0.2, 0) is 16.0 Å². The molecule has 0 saturated carbocycles. The largest absolute Gasteiger partial charge is 0.353 e. The highest BCUT2D eigenvalue weighted by atomic mass is 35.5. The maximum Gasteiger partial charge on any atom is 0.226 e. The molecule has 2 amide bonds. The van der Waals surface area contributed by atoms with Crippen LogP contribution in [0.2, 0.25) is 5.02 Å². The topological polar surface area (TPSA) is 49.4 Å². The number of nitrogens with one attached hydrogen (secondary N) is 1. The van der Waals surface area contributed by atoms with E-state index in [9.17, 15) is 9.59 Å². The third kappa shape index (κ3) is 5.24. The first-order valence-electron chi connectivity index (χ1n) is 8.09. The lowest BCUT2D eigenvalue weighted by molar-refractivity contribution is -0.132. The van der Waals surface area contributed by atoms with Crippen molar-refractivity contribution in [1.82, 2.24) is 10.2 Å². The van der Waals surface area contributed by atoms with E-state index in [2.05, 4.69) is 5.32 Å². The van der Waals surface area contributed by atoms with Crippen LogP contribution in [0.15, 0.2) is 24.3 Å². The summed E-state index contributed by atoms with van der Waals surface area (Å²) >= 11 is 5.86. The average molecular weight is 337 g/mol. The Hall–Kier alpha value is -1.55. The Balaban J connectivity index is 1.81. The monoisotopic (exact) mass is 336 g/mol. The van der Waals surface area contributed by atoms with Gasteiger partial charge in [-0.05, 0) is 30.5 Å². The van der Waals surface area contributed by atoms with Crippen LogP contribution in [0.5, 0.6) is 0 Å². The van der Waals surface area contributed by atoms with Gasteiger partial charge in [-0.25, -0.2) is 0 Å². The fraction of sp³-hybridized carbons (Fsp3) is 0.556. The van der Waals surface area contributed by atoms with Gasteiger partial charge in [0.15, 0.2) is 0 Å². The van der Waals surface area contributed by atoms with Crippen LogP contribution in [0, 0.1) is 5.41 Å². The average Bonchev–Trinajstić information content (AvgIpc) is 2.49. The van der Waals surface area contributed by atoms with Crippen molar-refractivity contribution in [2.45, 2.75) is 46.1 Å². The zero-order valence-corrected chi connectivity index (χ0v) is 14.8. The maximum atomic E-state index is 12.3. The quantitative estimate of drug-likeness (QED) is 0.922. The minimum absolute atomic E-state index is 0.0726. The molecule has 4 nitrogen and oxygen atoms in total. The first-order chi connectivity index (χ1) is 10.8. The van der Waals surface area contributed by atoms with E-state index in [1.165, 1.54) is 0 Å². The highest BCUT2D eigenvalue weighted by molar-refractivity contribution is 6.30. The molecular formula is C18H25ClN2O2. The second-order valence-electron chi connectivity index (χ2n) is 7.18. The summed E-state index contributed by atoms with van der Waals surface area (Å²) < 4.78 is 0. The highest BCUT2D eigenvalue weighted by Gasteiger charge is 2.27. The van der Waals surface area contributed by atoms with E-state index in [1.807, 2.05) is 37.8 Å². The third-order valence-electron chi connectivity index (χ3n) is 4.13. The number of rotatable bonds is 3. The minimum Gasteiger partial charge on any atom is -0.353 e. The lowest BCUT2D eigenvalue weighted by Gasteiger charge is -2.33. The molecule has 23 heavy (non-hydrogen) atoms. The van der Waals surface area contributed by atoms with Gasteiger partial charge in [0.05, 0.1) is 6.42 Å². The van der Waals surface area contributed by atoms with E-state index in [4.69, 9.17) is 11.6 Å². The highest BCUT2D eigenvalue weighted by Crippen LogP contribution is 2.17. The number of hydrogen-bond donors (Lipinski definition) is 1. The van der Waals surface area contributed by atoms with Crippen LogP contribution >= 0.6 is 11.6 Å². The zero-order valence-electron chi connectivity index (χ0n) is 14.1. The number of benzene rings is 1. The Kier molecular flexibility index (Phi) is 5.69. The van der Waals surface area contributed by atoms with Crippen LogP contribution in [-0.4, -0.2) is 35.8 Å². The first-order valence-corrected chi connectivity index (χ1v) is 8.46. The van der Waals surface area contributed by atoms with Crippen molar-refractivity contribution in [1.29, 1.82) is 0 Å². The summed E-state index contributed by atoms with van der Waals surface area (Å²) in [4.78, 5) is 26.2. The van der Waals surface area contributed by atoms with Gasteiger partial charge in [0.2, 0.25) is 11.8 Å². The zero-order chi connectivity index (χ0) is 17.0. The number of amides is 2. The molecule has 0 spiro atoms. The number of carbonyl (C=O) groups is 2. The van der Waals surface area contributed by atoms with Crippen LogP contribution in [0.25, 0.3) is 0 Å². The summed E-state index contributed by atoms with van der Waals surface area (Å²) in [7, 11) is 0. The number of halogens is 1. The van der Waals surface area contributed by atoms with E-state index < -0.39 is 0 Å². The molecule has 0 unspecified atom stereocenters. The van der Waals surface area contributed by atoms with E-state index in [0.717, 1.165) is 18.4 Å². The van der Waals surface area contributed by atoms with Gasteiger partial charge in [-0.2, -0.15) is 0 Å². The normalized spacial score (nSPS) is 16.3. The molecule has 0 bridgehead atoms. The molecule has 1 N–H and O–H groups in total. The first kappa shape index (κ1) is 17.8. The summed E-state index contributed by atoms with van der Waals surface area (Å²) in [6, 6.07) is 7.55. The Morgan fingerprint density at radius 3 is 2.26 bits per heavy atom. The van der Waals surface area contributed by atoms with Crippen LogP contribution < -0.4 is 5.32 Å². The van der Waals surface area contributed by atoms with Gasteiger partial charge >= 0.3 is 0 Å². The van der Waals surface area contributed by atoms with Crippen molar-refractivity contribution in [3.63, 3.8) is 0 Å². The molecule has 0 atom stereocenters. The minimum atomic E-state index is -0.373. The second kappa shape index (κ2) is 7.35. The summed E-state index contributed by atoms with van der Waals surface area (Å²) in [5, 5.41) is 3.76. The Labute approximate surface area is 143 Å². The van der Waals surface area contributed by atoms with Crippen molar-refractivity contribution in [3.8, 4) is 0 Å². The van der Waals surface area contributed by atoms with Crippen molar-refractivity contribution in [2.24, 2.45) is 5.41 Å². The Morgan fingerprint density at radius 1 is 1.17 bits per heavy atom. The molecule has 1 aliphatic rings. The van der Waals surface area contributed by atoms with Crippen molar-refractivity contribution in [3.05, 3.63) is 34.9 Å². The lowest BCUT2D eigenvalue weighted by Crippen LogP contribution is -2.49. The fourth-order valence-corrected chi connectivity index (χ4v) is 2.69. The number of hydrogen-bond acceptors (Lipinski definition) is 2. The maximum absolute atomic E-state index is 12.3. The summed E-state index contributed by atoms with van der Waals surface area (Å²) in [6.45, 7) is 7.12. The number of nitrogens with zero attached hydrogens (tertiary/aromatic N) is 1. The molecule has 1 aliphatic heterocycles. The molecule has 1 saturated heterocycles. The van der Waals surface area contributed by atoms with Gasteiger partial charge in [-0.15, -0.1) is 0 Å². The summed E-state index contributed by atoms with van der Waals surface area (Å²) in [5.74, 6) is 0.205. The molecule has 0 aliphatic carbocycles. The Morgan fingerprint density at radius 2 is 1.74 bits per heavy atom. The van der Waals surface area contributed by atoms with Gasteiger partial charge in [-0.3, -0.25) is 9.59 Å². The molecule has 126 valence electrons. The predicted molar refractivity (Wildman–Crippen MR) is 92.4 cm³/mol. The smallest absolute Gasteiger partial charge is 0.226 e. The van der Waals surface area contributed by atoms with E-state index in [0.29, 0.717) is 24.5 Å². The van der Waals surface area contributed by atoms with E-state index in [1.54, 1.807) is 12.1 Å². The predicted octanol–water partition coefficient (Wildman–Crippen LogP) is 3.04. The van der Waals surface area contributed by atoms with Crippen molar-refractivity contribution < 1.29 is 9.59 Å². The van der Waals surface area contributed by atoms with Crippen molar-refractivity contribution >= 4 is 23.4 Å². The summed E-state index contributed by atoms with van der Waals surface area (Å²) in [5.41, 5.74) is 0.601. The molecule has 0 aromatic heterocycles. The van der Waals surface area contributed by atoms with Gasteiger partial charge < -0.3 is 10.2 Å². The molecular weight excluding hydrogens is 312 g/mol. The fourth-order valence-electron chi connectivity index (χ4n) is 2.56.